The van der Waals surface area contributed by atoms with Gasteiger partial charge < -0.3 is 0 Å². The standard InChI is InChI=1S/C11H15F2N/c1-11(2,3)10-8(7-9(12)13)5-4-6-14-10/h4-6,9H,7H2,1-3H3. The lowest BCUT2D eigenvalue weighted by Crippen LogP contribution is -2.17. The molecule has 0 aliphatic heterocycles. The summed E-state index contributed by atoms with van der Waals surface area (Å²) < 4.78 is 24.5. The first kappa shape index (κ1) is 11.1. The molecule has 78 valence electrons. The zero-order valence-electron chi connectivity index (χ0n) is 8.72. The molecule has 0 spiro atoms. The maximum absolute atomic E-state index is 12.3. The summed E-state index contributed by atoms with van der Waals surface area (Å²) in [5, 5.41) is 0. The van der Waals surface area contributed by atoms with Crippen LogP contribution >= 0.6 is 0 Å². The second kappa shape index (κ2) is 4.03. The number of rotatable bonds is 2. The first-order valence-corrected chi connectivity index (χ1v) is 4.64. The first-order valence-electron chi connectivity index (χ1n) is 4.64. The van der Waals surface area contributed by atoms with Gasteiger partial charge in [0.25, 0.3) is 0 Å². The summed E-state index contributed by atoms with van der Waals surface area (Å²) in [5.41, 5.74) is 1.24. The minimum absolute atomic E-state index is 0.175. The quantitative estimate of drug-likeness (QED) is 0.712. The van der Waals surface area contributed by atoms with Crippen molar-refractivity contribution in [3.8, 4) is 0 Å². The van der Waals surface area contributed by atoms with Crippen LogP contribution in [-0.4, -0.2) is 11.4 Å². The molecule has 0 aromatic carbocycles. The molecule has 1 heterocycles. The smallest absolute Gasteiger partial charge is 0.242 e. The van der Waals surface area contributed by atoms with E-state index in [0.717, 1.165) is 5.69 Å². The van der Waals surface area contributed by atoms with Gasteiger partial charge in [-0.15, -0.1) is 0 Å². The molecule has 0 atom stereocenters. The number of nitrogens with zero attached hydrogens (tertiary/aromatic N) is 1. The molecular weight excluding hydrogens is 184 g/mol. The summed E-state index contributed by atoms with van der Waals surface area (Å²) in [6.45, 7) is 5.93. The van der Waals surface area contributed by atoms with Crippen LogP contribution < -0.4 is 0 Å². The van der Waals surface area contributed by atoms with Gasteiger partial charge in [-0.25, -0.2) is 8.78 Å². The van der Waals surface area contributed by atoms with Crippen LogP contribution in [0, 0.1) is 0 Å². The van der Waals surface area contributed by atoms with E-state index in [1.165, 1.54) is 0 Å². The highest BCUT2D eigenvalue weighted by molar-refractivity contribution is 5.26. The second-order valence-corrected chi connectivity index (χ2v) is 4.36. The van der Waals surface area contributed by atoms with Gasteiger partial charge in [-0.2, -0.15) is 0 Å². The molecule has 0 aliphatic rings. The Hall–Kier alpha value is -0.990. The highest BCUT2D eigenvalue weighted by atomic mass is 19.3. The number of pyridine rings is 1. The van der Waals surface area contributed by atoms with E-state index in [2.05, 4.69) is 4.98 Å². The van der Waals surface area contributed by atoms with Gasteiger partial charge in [0.2, 0.25) is 6.43 Å². The molecule has 1 aromatic rings. The summed E-state index contributed by atoms with van der Waals surface area (Å²) >= 11 is 0. The molecule has 0 unspecified atom stereocenters. The molecule has 14 heavy (non-hydrogen) atoms. The topological polar surface area (TPSA) is 12.9 Å². The lowest BCUT2D eigenvalue weighted by molar-refractivity contribution is 0.148. The van der Waals surface area contributed by atoms with E-state index in [9.17, 15) is 8.78 Å². The fraction of sp³-hybridized carbons (Fsp3) is 0.545. The van der Waals surface area contributed by atoms with E-state index in [1.54, 1.807) is 18.3 Å². The number of aromatic nitrogens is 1. The van der Waals surface area contributed by atoms with Crippen LogP contribution in [0.1, 0.15) is 32.0 Å². The van der Waals surface area contributed by atoms with Crippen molar-refractivity contribution in [2.24, 2.45) is 0 Å². The fourth-order valence-corrected chi connectivity index (χ4v) is 1.44. The third kappa shape index (κ3) is 2.76. The van der Waals surface area contributed by atoms with E-state index in [4.69, 9.17) is 0 Å². The Balaban J connectivity index is 3.04. The molecule has 1 aromatic heterocycles. The van der Waals surface area contributed by atoms with Crippen molar-refractivity contribution in [3.05, 3.63) is 29.6 Å². The van der Waals surface area contributed by atoms with Crippen molar-refractivity contribution in [1.82, 2.24) is 4.98 Å². The molecule has 1 rings (SSSR count). The van der Waals surface area contributed by atoms with Crippen LogP contribution in [0.4, 0.5) is 8.78 Å². The molecule has 1 nitrogen and oxygen atoms in total. The van der Waals surface area contributed by atoms with Crippen LogP contribution in [-0.2, 0) is 11.8 Å². The van der Waals surface area contributed by atoms with Gasteiger partial charge >= 0.3 is 0 Å². The van der Waals surface area contributed by atoms with Crippen molar-refractivity contribution in [2.75, 3.05) is 0 Å². The lowest BCUT2D eigenvalue weighted by atomic mass is 9.87. The molecule has 0 radical (unpaired) electrons. The van der Waals surface area contributed by atoms with E-state index in [-0.39, 0.29) is 11.8 Å². The minimum Gasteiger partial charge on any atom is -0.260 e. The Morgan fingerprint density at radius 1 is 1.36 bits per heavy atom. The maximum Gasteiger partial charge on any atom is 0.242 e. The van der Waals surface area contributed by atoms with Gasteiger partial charge in [0.05, 0.1) is 0 Å². The average molecular weight is 199 g/mol. The predicted octanol–water partition coefficient (Wildman–Crippen LogP) is 3.19. The highest BCUT2D eigenvalue weighted by Gasteiger charge is 2.20. The Kier molecular flexibility index (Phi) is 3.19. The minimum atomic E-state index is -2.31. The van der Waals surface area contributed by atoms with Gasteiger partial charge in [0.1, 0.15) is 0 Å². The number of hydrogen-bond donors (Lipinski definition) is 0. The van der Waals surface area contributed by atoms with Crippen LogP contribution in [0.2, 0.25) is 0 Å². The van der Waals surface area contributed by atoms with Crippen molar-refractivity contribution in [1.29, 1.82) is 0 Å². The normalized spacial score (nSPS) is 12.1. The maximum atomic E-state index is 12.3. The molecule has 0 bridgehead atoms. The molecular formula is C11H15F2N. The summed E-state index contributed by atoms with van der Waals surface area (Å²) in [7, 11) is 0. The van der Waals surface area contributed by atoms with Crippen LogP contribution in [0.5, 0.6) is 0 Å². The monoisotopic (exact) mass is 199 g/mol. The lowest BCUT2D eigenvalue weighted by Gasteiger charge is -2.21. The van der Waals surface area contributed by atoms with Gasteiger partial charge in [-0.05, 0) is 11.6 Å². The van der Waals surface area contributed by atoms with Gasteiger partial charge in [-0.1, -0.05) is 26.8 Å². The SMILES string of the molecule is CC(C)(C)c1ncccc1CC(F)F. The molecule has 0 amide bonds. The van der Waals surface area contributed by atoms with Crippen LogP contribution in [0.3, 0.4) is 0 Å². The van der Waals surface area contributed by atoms with Crippen molar-refractivity contribution in [3.63, 3.8) is 0 Å². The Bertz CT molecular complexity index is 302. The third-order valence-electron chi connectivity index (χ3n) is 1.98. The summed E-state index contributed by atoms with van der Waals surface area (Å²) in [6.07, 6.45) is -0.865. The third-order valence-corrected chi connectivity index (χ3v) is 1.98. The van der Waals surface area contributed by atoms with Gasteiger partial charge in [0.15, 0.2) is 0 Å². The van der Waals surface area contributed by atoms with E-state index >= 15 is 0 Å². The highest BCUT2D eigenvalue weighted by Crippen LogP contribution is 2.24. The summed E-state index contributed by atoms with van der Waals surface area (Å²) in [4.78, 5) is 4.17. The zero-order valence-corrected chi connectivity index (χ0v) is 8.72. The molecule has 0 fully saturated rings. The number of halogens is 2. The number of alkyl halides is 2. The summed E-state index contributed by atoms with van der Waals surface area (Å²) in [5.74, 6) is 0. The van der Waals surface area contributed by atoms with E-state index in [1.807, 2.05) is 20.8 Å². The van der Waals surface area contributed by atoms with Crippen molar-refractivity contribution < 1.29 is 8.78 Å². The second-order valence-electron chi connectivity index (χ2n) is 4.36. The van der Waals surface area contributed by atoms with Crippen molar-refractivity contribution >= 4 is 0 Å². The van der Waals surface area contributed by atoms with Gasteiger partial charge in [0, 0.05) is 23.7 Å². The Labute approximate surface area is 83.2 Å². The molecule has 0 N–H and O–H groups in total. The van der Waals surface area contributed by atoms with Crippen molar-refractivity contribution in [2.45, 2.75) is 39.0 Å². The average Bonchev–Trinajstić information content (AvgIpc) is 2.01. The molecule has 0 aliphatic carbocycles. The molecule has 0 saturated carbocycles. The summed E-state index contributed by atoms with van der Waals surface area (Å²) in [6, 6.07) is 3.42. The van der Waals surface area contributed by atoms with Gasteiger partial charge in [-0.3, -0.25) is 4.98 Å². The van der Waals surface area contributed by atoms with Crippen LogP contribution in [0.25, 0.3) is 0 Å². The Morgan fingerprint density at radius 3 is 2.50 bits per heavy atom. The number of hydrogen-bond acceptors (Lipinski definition) is 1. The fourth-order valence-electron chi connectivity index (χ4n) is 1.44. The van der Waals surface area contributed by atoms with E-state index < -0.39 is 6.43 Å². The zero-order chi connectivity index (χ0) is 10.8. The van der Waals surface area contributed by atoms with E-state index in [0.29, 0.717) is 5.56 Å². The first-order chi connectivity index (χ1) is 6.41. The molecule has 3 heteroatoms. The predicted molar refractivity (Wildman–Crippen MR) is 52.6 cm³/mol. The Morgan fingerprint density at radius 2 is 2.00 bits per heavy atom. The largest absolute Gasteiger partial charge is 0.260 e. The van der Waals surface area contributed by atoms with Crippen LogP contribution in [0.15, 0.2) is 18.3 Å². The molecule has 0 saturated heterocycles.